The number of carbonyl (C=O) groups is 2. The summed E-state index contributed by atoms with van der Waals surface area (Å²) in [6.45, 7) is 1.12. The van der Waals surface area contributed by atoms with E-state index >= 15 is 0 Å². The van der Waals surface area contributed by atoms with E-state index in [9.17, 15) is 9.59 Å². The molecule has 3 aliphatic heterocycles. The van der Waals surface area contributed by atoms with E-state index < -0.39 is 5.54 Å². The number of nitrogens with zero attached hydrogens (tertiary/aromatic N) is 1. The number of piperidine rings is 1. The summed E-state index contributed by atoms with van der Waals surface area (Å²) in [4.78, 5) is 26.0. The zero-order valence-corrected chi connectivity index (χ0v) is 11.9. The lowest BCUT2D eigenvalue weighted by Gasteiger charge is -2.51. The van der Waals surface area contributed by atoms with Gasteiger partial charge in [-0.15, -0.1) is 0 Å². The second kappa shape index (κ2) is 4.31. The fraction of sp³-hybridized carbons (Fsp3) is 0.500. The fourth-order valence-corrected chi connectivity index (χ4v) is 4.10. The van der Waals surface area contributed by atoms with Crippen LogP contribution < -0.4 is 0 Å². The number of hydrogen-bond acceptors (Lipinski definition) is 4. The van der Waals surface area contributed by atoms with Crippen molar-refractivity contribution >= 4 is 11.9 Å². The van der Waals surface area contributed by atoms with Crippen molar-refractivity contribution in [2.24, 2.45) is 5.92 Å². The molecule has 0 aromatic rings. The van der Waals surface area contributed by atoms with Crippen molar-refractivity contribution in [1.82, 2.24) is 4.90 Å². The van der Waals surface area contributed by atoms with Gasteiger partial charge in [-0.1, -0.05) is 12.2 Å². The summed E-state index contributed by atoms with van der Waals surface area (Å²) in [5.41, 5.74) is 1.49. The van der Waals surface area contributed by atoms with Gasteiger partial charge in [0.15, 0.2) is 0 Å². The summed E-state index contributed by atoms with van der Waals surface area (Å²) in [5.74, 6) is -0.0679. The SMILES string of the molecule is CO[C@H]1C=CC2=CC(=O)N3CC[C@@H]4COC(=O)C=C4[C@]23C1. The largest absolute Gasteiger partial charge is 0.462 e. The van der Waals surface area contributed by atoms with Gasteiger partial charge >= 0.3 is 5.97 Å². The normalized spacial score (nSPS) is 37.3. The van der Waals surface area contributed by atoms with Crippen molar-refractivity contribution in [1.29, 1.82) is 0 Å². The van der Waals surface area contributed by atoms with Crippen molar-refractivity contribution in [3.05, 3.63) is 35.5 Å². The first-order valence-electron chi connectivity index (χ1n) is 7.29. The van der Waals surface area contributed by atoms with Gasteiger partial charge in [-0.05, 0) is 17.6 Å². The molecule has 4 aliphatic rings. The van der Waals surface area contributed by atoms with E-state index in [0.29, 0.717) is 19.6 Å². The number of hydrogen-bond donors (Lipinski definition) is 0. The van der Waals surface area contributed by atoms with Gasteiger partial charge in [-0.3, -0.25) is 4.79 Å². The standard InChI is InChI=1S/C16H17NO4/c1-20-12-3-2-11-6-14(18)17-5-4-10-9-21-15(19)7-13(10)16(11,17)8-12/h2-3,6-7,10,12H,4-5,8-9H2,1H3/t10-,12+,16+/m1/s1. The lowest BCUT2D eigenvalue weighted by Crippen LogP contribution is -2.58. The van der Waals surface area contributed by atoms with Crippen LogP contribution in [0.2, 0.25) is 0 Å². The fourth-order valence-electron chi connectivity index (χ4n) is 4.10. The number of fused-ring (bicyclic) bond motifs is 1. The second-order valence-corrected chi connectivity index (χ2v) is 6.00. The molecule has 0 radical (unpaired) electrons. The molecule has 3 heterocycles. The van der Waals surface area contributed by atoms with Crippen LogP contribution in [-0.4, -0.2) is 48.7 Å². The van der Waals surface area contributed by atoms with Crippen molar-refractivity contribution in [2.45, 2.75) is 24.5 Å². The summed E-state index contributed by atoms with van der Waals surface area (Å²) < 4.78 is 10.7. The third kappa shape index (κ3) is 1.61. The number of methoxy groups -OCH3 is 1. The molecule has 1 fully saturated rings. The predicted molar refractivity (Wildman–Crippen MR) is 74.2 cm³/mol. The molecular weight excluding hydrogens is 270 g/mol. The van der Waals surface area contributed by atoms with Crippen molar-refractivity contribution in [3.63, 3.8) is 0 Å². The number of cyclic esters (lactones) is 1. The summed E-state index contributed by atoms with van der Waals surface area (Å²) >= 11 is 0. The van der Waals surface area contributed by atoms with Gasteiger partial charge < -0.3 is 14.4 Å². The number of carbonyl (C=O) groups excluding carboxylic acids is 2. The summed E-state index contributed by atoms with van der Waals surface area (Å²) in [6.07, 6.45) is 8.72. The topological polar surface area (TPSA) is 55.8 Å². The molecule has 0 N–H and O–H groups in total. The van der Waals surface area contributed by atoms with Crippen LogP contribution in [-0.2, 0) is 19.1 Å². The van der Waals surface area contributed by atoms with E-state index in [1.54, 1.807) is 19.3 Å². The molecule has 0 aromatic heterocycles. The van der Waals surface area contributed by atoms with E-state index in [4.69, 9.17) is 9.47 Å². The van der Waals surface area contributed by atoms with E-state index in [2.05, 4.69) is 0 Å². The molecule has 5 heteroatoms. The number of ether oxygens (including phenoxy) is 2. The predicted octanol–water partition coefficient (Wildman–Crippen LogP) is 0.972. The van der Waals surface area contributed by atoms with Crippen molar-refractivity contribution in [2.75, 3.05) is 20.3 Å². The Bertz CT molecular complexity index is 618. The van der Waals surface area contributed by atoms with Gasteiger partial charge in [0.1, 0.15) is 0 Å². The van der Waals surface area contributed by atoms with E-state index in [1.165, 1.54) is 0 Å². The third-order valence-corrected chi connectivity index (χ3v) is 5.09. The number of esters is 1. The van der Waals surface area contributed by atoms with Crippen LogP contribution in [0.3, 0.4) is 0 Å². The molecule has 110 valence electrons. The molecule has 3 atom stereocenters. The summed E-state index contributed by atoms with van der Waals surface area (Å²) in [7, 11) is 1.67. The molecule has 1 spiro atoms. The lowest BCUT2D eigenvalue weighted by atomic mass is 9.67. The Morgan fingerprint density at radius 1 is 1.38 bits per heavy atom. The average molecular weight is 287 g/mol. The summed E-state index contributed by atoms with van der Waals surface area (Å²) in [6, 6.07) is 0. The van der Waals surface area contributed by atoms with Crippen LogP contribution in [0.15, 0.2) is 35.5 Å². The quantitative estimate of drug-likeness (QED) is 0.674. The maximum Gasteiger partial charge on any atom is 0.330 e. The molecule has 1 saturated heterocycles. The van der Waals surface area contributed by atoms with Crippen LogP contribution in [0.25, 0.3) is 0 Å². The van der Waals surface area contributed by atoms with Gasteiger partial charge in [0.25, 0.3) is 0 Å². The molecule has 1 aliphatic carbocycles. The Morgan fingerprint density at radius 3 is 3.05 bits per heavy atom. The highest BCUT2D eigenvalue weighted by atomic mass is 16.5. The Balaban J connectivity index is 1.88. The van der Waals surface area contributed by atoms with Gasteiger partial charge in [-0.25, -0.2) is 4.79 Å². The zero-order chi connectivity index (χ0) is 14.6. The number of amides is 1. The molecule has 0 unspecified atom stereocenters. The molecule has 1 amide bonds. The Hall–Kier alpha value is -1.88. The molecule has 0 saturated carbocycles. The van der Waals surface area contributed by atoms with E-state index in [1.807, 2.05) is 17.1 Å². The average Bonchev–Trinajstić information content (AvgIpc) is 2.79. The first-order valence-corrected chi connectivity index (χ1v) is 7.29. The zero-order valence-electron chi connectivity index (χ0n) is 11.9. The molecular formula is C16H17NO4. The minimum absolute atomic E-state index is 0.0321. The first-order chi connectivity index (χ1) is 10.1. The monoisotopic (exact) mass is 287 g/mol. The third-order valence-electron chi connectivity index (χ3n) is 5.09. The van der Waals surface area contributed by atoms with Crippen molar-refractivity contribution in [3.8, 4) is 0 Å². The van der Waals surface area contributed by atoms with Crippen LogP contribution >= 0.6 is 0 Å². The van der Waals surface area contributed by atoms with E-state index in [-0.39, 0.29) is 23.9 Å². The molecule has 0 bridgehead atoms. The minimum Gasteiger partial charge on any atom is -0.462 e. The van der Waals surface area contributed by atoms with Gasteiger partial charge in [0.05, 0.1) is 18.2 Å². The maximum absolute atomic E-state index is 12.4. The smallest absolute Gasteiger partial charge is 0.330 e. The first kappa shape index (κ1) is 12.8. The molecule has 4 rings (SSSR count). The van der Waals surface area contributed by atoms with Crippen LogP contribution in [0.4, 0.5) is 0 Å². The lowest BCUT2D eigenvalue weighted by molar-refractivity contribution is -0.143. The number of rotatable bonds is 1. The van der Waals surface area contributed by atoms with Crippen LogP contribution in [0.5, 0.6) is 0 Å². The van der Waals surface area contributed by atoms with Crippen LogP contribution in [0, 0.1) is 5.92 Å². The van der Waals surface area contributed by atoms with Crippen molar-refractivity contribution < 1.29 is 19.1 Å². The molecule has 21 heavy (non-hydrogen) atoms. The maximum atomic E-state index is 12.4. The second-order valence-electron chi connectivity index (χ2n) is 6.00. The van der Waals surface area contributed by atoms with Gasteiger partial charge in [0.2, 0.25) is 5.91 Å². The van der Waals surface area contributed by atoms with Gasteiger partial charge in [-0.2, -0.15) is 0 Å². The highest BCUT2D eigenvalue weighted by molar-refractivity contribution is 5.96. The van der Waals surface area contributed by atoms with E-state index in [0.717, 1.165) is 17.6 Å². The van der Waals surface area contributed by atoms with Gasteiger partial charge in [0, 0.05) is 38.1 Å². The minimum atomic E-state index is -0.505. The Morgan fingerprint density at radius 2 is 2.24 bits per heavy atom. The highest BCUT2D eigenvalue weighted by Gasteiger charge is 2.56. The van der Waals surface area contributed by atoms with Crippen LogP contribution in [0.1, 0.15) is 12.8 Å². The summed E-state index contributed by atoms with van der Waals surface area (Å²) in [5, 5.41) is 0. The Labute approximate surface area is 122 Å². The Kier molecular flexibility index (Phi) is 2.63. The highest BCUT2D eigenvalue weighted by Crippen LogP contribution is 2.51. The molecule has 0 aromatic carbocycles. The molecule has 5 nitrogen and oxygen atoms in total.